The van der Waals surface area contributed by atoms with Crippen LogP contribution in [0.15, 0.2) is 30.5 Å². The van der Waals surface area contributed by atoms with Gasteiger partial charge in [0.05, 0.1) is 12.1 Å². The minimum Gasteiger partial charge on any atom is -0.392 e. The second-order valence-electron chi connectivity index (χ2n) is 5.64. The van der Waals surface area contributed by atoms with Crippen molar-refractivity contribution in [2.75, 3.05) is 33.2 Å². The number of nitrogens with zero attached hydrogens (tertiary/aromatic N) is 3. The zero-order chi connectivity index (χ0) is 14.8. The quantitative estimate of drug-likeness (QED) is 0.913. The van der Waals surface area contributed by atoms with E-state index in [1.165, 1.54) is 0 Å². The first-order valence-electron chi connectivity index (χ1n) is 7.33. The Balaban J connectivity index is 1.80. The molecule has 0 spiro atoms. The van der Waals surface area contributed by atoms with Crippen LogP contribution in [0.4, 0.5) is 0 Å². The molecule has 0 radical (unpaired) electrons. The molecule has 0 saturated carbocycles. The molecule has 3 rings (SSSR count). The van der Waals surface area contributed by atoms with Crippen molar-refractivity contribution in [2.45, 2.75) is 13.2 Å². The van der Waals surface area contributed by atoms with E-state index in [9.17, 15) is 9.90 Å². The molecule has 5 heteroatoms. The van der Waals surface area contributed by atoms with Gasteiger partial charge in [-0.3, -0.25) is 4.79 Å². The van der Waals surface area contributed by atoms with Crippen molar-refractivity contribution in [1.29, 1.82) is 0 Å². The molecule has 1 amide bonds. The van der Waals surface area contributed by atoms with Gasteiger partial charge in [-0.25, -0.2) is 0 Å². The molecule has 1 aliphatic rings. The van der Waals surface area contributed by atoms with Gasteiger partial charge in [0.25, 0.3) is 0 Å². The van der Waals surface area contributed by atoms with Crippen LogP contribution >= 0.6 is 0 Å². The smallest absolute Gasteiger partial charge is 0.242 e. The van der Waals surface area contributed by atoms with Gasteiger partial charge in [0.15, 0.2) is 0 Å². The molecular formula is C16H21N3O2. The molecule has 5 nitrogen and oxygen atoms in total. The van der Waals surface area contributed by atoms with Crippen molar-refractivity contribution in [2.24, 2.45) is 0 Å². The van der Waals surface area contributed by atoms with Gasteiger partial charge in [-0.15, -0.1) is 0 Å². The highest BCUT2D eigenvalue weighted by atomic mass is 16.3. The van der Waals surface area contributed by atoms with Crippen molar-refractivity contribution < 1.29 is 9.90 Å². The normalized spacial score (nSPS) is 16.6. The van der Waals surface area contributed by atoms with Crippen LogP contribution in [-0.2, 0) is 17.9 Å². The molecule has 112 valence electrons. The number of para-hydroxylation sites is 1. The van der Waals surface area contributed by atoms with Crippen molar-refractivity contribution >= 4 is 16.8 Å². The predicted molar refractivity (Wildman–Crippen MR) is 81.9 cm³/mol. The molecule has 1 fully saturated rings. The second-order valence-corrected chi connectivity index (χ2v) is 5.64. The number of carbonyl (C=O) groups excluding carboxylic acids is 1. The third-order valence-electron chi connectivity index (χ3n) is 4.20. The van der Waals surface area contributed by atoms with Gasteiger partial charge < -0.3 is 19.5 Å². The molecule has 21 heavy (non-hydrogen) atoms. The largest absolute Gasteiger partial charge is 0.392 e. The number of aliphatic hydroxyl groups is 1. The predicted octanol–water partition coefficient (Wildman–Crippen LogP) is 0.908. The summed E-state index contributed by atoms with van der Waals surface area (Å²) in [6.45, 7) is 3.77. The van der Waals surface area contributed by atoms with E-state index in [4.69, 9.17) is 0 Å². The molecule has 2 heterocycles. The Morgan fingerprint density at radius 2 is 1.95 bits per heavy atom. The Kier molecular flexibility index (Phi) is 3.94. The van der Waals surface area contributed by atoms with Crippen LogP contribution in [0.25, 0.3) is 10.9 Å². The van der Waals surface area contributed by atoms with Gasteiger partial charge in [0, 0.05) is 37.9 Å². The second kappa shape index (κ2) is 5.87. The number of aromatic nitrogens is 1. The van der Waals surface area contributed by atoms with E-state index in [0.717, 1.165) is 42.6 Å². The summed E-state index contributed by atoms with van der Waals surface area (Å²) in [4.78, 5) is 16.6. The minimum absolute atomic E-state index is 0.00987. The van der Waals surface area contributed by atoms with Gasteiger partial charge in [0.1, 0.15) is 6.54 Å². The number of benzene rings is 1. The first-order valence-corrected chi connectivity index (χ1v) is 7.33. The van der Waals surface area contributed by atoms with Gasteiger partial charge in [0.2, 0.25) is 5.91 Å². The van der Waals surface area contributed by atoms with Gasteiger partial charge in [-0.2, -0.15) is 0 Å². The van der Waals surface area contributed by atoms with Crippen LogP contribution < -0.4 is 0 Å². The van der Waals surface area contributed by atoms with Gasteiger partial charge >= 0.3 is 0 Å². The lowest BCUT2D eigenvalue weighted by Gasteiger charge is -2.32. The summed E-state index contributed by atoms with van der Waals surface area (Å²) in [5, 5.41) is 10.5. The van der Waals surface area contributed by atoms with Crippen molar-refractivity contribution in [3.63, 3.8) is 0 Å². The van der Waals surface area contributed by atoms with Crippen LogP contribution in [0.1, 0.15) is 5.56 Å². The summed E-state index contributed by atoms with van der Waals surface area (Å²) in [7, 11) is 2.08. The fourth-order valence-electron chi connectivity index (χ4n) is 2.90. The Bertz CT molecular complexity index is 642. The van der Waals surface area contributed by atoms with Crippen LogP contribution in [0.5, 0.6) is 0 Å². The molecule has 1 aliphatic heterocycles. The van der Waals surface area contributed by atoms with E-state index >= 15 is 0 Å². The number of carbonyl (C=O) groups is 1. The van der Waals surface area contributed by atoms with Crippen molar-refractivity contribution in [1.82, 2.24) is 14.4 Å². The Hall–Kier alpha value is -1.85. The van der Waals surface area contributed by atoms with E-state index in [2.05, 4.69) is 11.9 Å². The molecule has 0 aliphatic carbocycles. The van der Waals surface area contributed by atoms with E-state index in [1.807, 2.05) is 39.9 Å². The summed E-state index contributed by atoms with van der Waals surface area (Å²) in [6, 6.07) is 7.83. The number of hydrogen-bond donors (Lipinski definition) is 1. The Morgan fingerprint density at radius 3 is 2.67 bits per heavy atom. The molecule has 2 aromatic rings. The SMILES string of the molecule is CN1CCN(C(=O)Cn2ccc3cccc(CO)c32)CC1. The highest BCUT2D eigenvalue weighted by Crippen LogP contribution is 2.20. The van der Waals surface area contributed by atoms with E-state index in [0.29, 0.717) is 6.54 Å². The van der Waals surface area contributed by atoms with E-state index < -0.39 is 0 Å². The lowest BCUT2D eigenvalue weighted by atomic mass is 10.1. The first-order chi connectivity index (χ1) is 10.2. The highest BCUT2D eigenvalue weighted by molar-refractivity contribution is 5.85. The topological polar surface area (TPSA) is 48.7 Å². The maximum Gasteiger partial charge on any atom is 0.242 e. The number of piperazine rings is 1. The first kappa shape index (κ1) is 14.1. The number of likely N-dealkylation sites (N-methyl/N-ethyl adjacent to an activating group) is 1. The summed E-state index contributed by atoms with van der Waals surface area (Å²) in [6.07, 6.45) is 1.93. The molecule has 0 bridgehead atoms. The van der Waals surface area contributed by atoms with E-state index in [-0.39, 0.29) is 12.5 Å². The molecule has 1 aromatic heterocycles. The van der Waals surface area contributed by atoms with Crippen molar-refractivity contribution in [3.05, 3.63) is 36.0 Å². The molecule has 0 atom stereocenters. The summed E-state index contributed by atoms with van der Waals surface area (Å²) >= 11 is 0. The molecule has 1 aromatic carbocycles. The molecular weight excluding hydrogens is 266 g/mol. The van der Waals surface area contributed by atoms with Crippen LogP contribution in [0, 0.1) is 0 Å². The fourth-order valence-corrected chi connectivity index (χ4v) is 2.90. The minimum atomic E-state index is -0.00987. The summed E-state index contributed by atoms with van der Waals surface area (Å²) in [5.41, 5.74) is 1.83. The van der Waals surface area contributed by atoms with Gasteiger partial charge in [-0.1, -0.05) is 18.2 Å². The number of fused-ring (bicyclic) bond motifs is 1. The van der Waals surface area contributed by atoms with Crippen molar-refractivity contribution in [3.8, 4) is 0 Å². The number of aliphatic hydroxyl groups excluding tert-OH is 1. The van der Waals surface area contributed by atoms with Crippen LogP contribution in [-0.4, -0.2) is 58.6 Å². The molecule has 1 N–H and O–H groups in total. The maximum atomic E-state index is 12.4. The number of hydrogen-bond acceptors (Lipinski definition) is 3. The van der Waals surface area contributed by atoms with Crippen LogP contribution in [0.2, 0.25) is 0 Å². The third-order valence-corrected chi connectivity index (χ3v) is 4.20. The summed E-state index contributed by atoms with van der Waals surface area (Å²) < 4.78 is 1.95. The lowest BCUT2D eigenvalue weighted by molar-refractivity contribution is -0.133. The lowest BCUT2D eigenvalue weighted by Crippen LogP contribution is -2.48. The number of amides is 1. The standard InChI is InChI=1S/C16H21N3O2/c1-17-7-9-18(10-8-17)15(21)11-19-6-5-13-3-2-4-14(12-20)16(13)19/h2-6,20H,7-12H2,1H3. The van der Waals surface area contributed by atoms with E-state index in [1.54, 1.807) is 0 Å². The fraction of sp³-hybridized carbons (Fsp3) is 0.438. The number of rotatable bonds is 3. The molecule has 1 saturated heterocycles. The average molecular weight is 287 g/mol. The highest BCUT2D eigenvalue weighted by Gasteiger charge is 2.19. The monoisotopic (exact) mass is 287 g/mol. The average Bonchev–Trinajstić information content (AvgIpc) is 2.91. The third kappa shape index (κ3) is 2.80. The zero-order valence-corrected chi connectivity index (χ0v) is 12.3. The zero-order valence-electron chi connectivity index (χ0n) is 12.3. The Morgan fingerprint density at radius 1 is 1.19 bits per heavy atom. The summed E-state index contributed by atoms with van der Waals surface area (Å²) in [5.74, 6) is 0.147. The van der Waals surface area contributed by atoms with Crippen LogP contribution in [0.3, 0.4) is 0 Å². The Labute approximate surface area is 124 Å². The van der Waals surface area contributed by atoms with Gasteiger partial charge in [-0.05, 0) is 18.5 Å². The maximum absolute atomic E-state index is 12.4. The molecule has 0 unspecified atom stereocenters.